The zero-order valence-electron chi connectivity index (χ0n) is 14.1. The van der Waals surface area contributed by atoms with E-state index in [9.17, 15) is 4.79 Å². The van der Waals surface area contributed by atoms with Gasteiger partial charge in [0.25, 0.3) is 0 Å². The summed E-state index contributed by atoms with van der Waals surface area (Å²) in [5.74, 6) is 4.25. The maximum Gasteiger partial charge on any atom is 0.243 e. The summed E-state index contributed by atoms with van der Waals surface area (Å²) >= 11 is 0. The summed E-state index contributed by atoms with van der Waals surface area (Å²) in [7, 11) is 0. The maximum absolute atomic E-state index is 13.0. The van der Waals surface area contributed by atoms with Crippen LogP contribution >= 0.6 is 0 Å². The second kappa shape index (κ2) is 5.71. The molecular formula is C19H26N4O. The lowest BCUT2D eigenvalue weighted by Gasteiger charge is -2.54. The number of aromatic nitrogens is 2. The first-order chi connectivity index (χ1) is 11.8. The zero-order valence-corrected chi connectivity index (χ0v) is 14.1. The molecule has 4 saturated carbocycles. The van der Waals surface area contributed by atoms with Crippen LogP contribution in [0.2, 0.25) is 0 Å². The molecule has 0 spiro atoms. The summed E-state index contributed by atoms with van der Waals surface area (Å²) in [5, 5.41) is 3.47. The van der Waals surface area contributed by atoms with Crippen molar-refractivity contribution in [1.82, 2.24) is 15.3 Å². The van der Waals surface area contributed by atoms with Gasteiger partial charge in [-0.15, -0.1) is 0 Å². The molecule has 6 rings (SSSR count). The first-order valence-corrected chi connectivity index (χ1v) is 9.62. The Morgan fingerprint density at radius 2 is 1.71 bits per heavy atom. The van der Waals surface area contributed by atoms with Gasteiger partial charge in [-0.2, -0.15) is 0 Å². The van der Waals surface area contributed by atoms with Crippen molar-refractivity contribution in [2.24, 2.45) is 23.7 Å². The molecule has 5 fully saturated rings. The van der Waals surface area contributed by atoms with Crippen molar-refractivity contribution in [2.45, 2.75) is 57.0 Å². The molecule has 1 aromatic heterocycles. The summed E-state index contributed by atoms with van der Waals surface area (Å²) in [5.41, 5.74) is 0. The number of nitrogens with one attached hydrogen (secondary N) is 1. The van der Waals surface area contributed by atoms with E-state index in [1.165, 1.54) is 32.1 Å². The Balaban J connectivity index is 1.30. The molecule has 0 aromatic carbocycles. The summed E-state index contributed by atoms with van der Waals surface area (Å²) < 4.78 is 0. The van der Waals surface area contributed by atoms with Crippen molar-refractivity contribution < 1.29 is 4.79 Å². The first kappa shape index (κ1) is 14.7. The topological polar surface area (TPSA) is 58.1 Å². The molecule has 1 unspecified atom stereocenters. The van der Waals surface area contributed by atoms with E-state index in [0.717, 1.165) is 43.1 Å². The summed E-state index contributed by atoms with van der Waals surface area (Å²) in [6.07, 6.45) is 12.3. The molecule has 5 heteroatoms. The van der Waals surface area contributed by atoms with Crippen LogP contribution in [0.1, 0.15) is 44.9 Å². The van der Waals surface area contributed by atoms with Crippen LogP contribution in [0.5, 0.6) is 0 Å². The molecule has 5 nitrogen and oxygen atoms in total. The number of rotatable bonds is 3. The largest absolute Gasteiger partial charge is 0.351 e. The Kier molecular flexibility index (Phi) is 3.49. The standard InChI is InChI=1S/C19H26N4O/c24-18(16-3-1-6-23(16)19-20-4-2-5-21-19)22-17-14-8-12-7-13(10-14)11-15(17)9-12/h2,4-5,12-17H,1,3,6-11H2,(H,22,24). The second-order valence-corrected chi connectivity index (χ2v) is 8.37. The van der Waals surface area contributed by atoms with Gasteiger partial charge in [0, 0.05) is 25.0 Å². The third-order valence-corrected chi connectivity index (χ3v) is 6.90. The van der Waals surface area contributed by atoms with E-state index in [0.29, 0.717) is 12.0 Å². The van der Waals surface area contributed by atoms with Crippen molar-refractivity contribution in [3.63, 3.8) is 0 Å². The molecule has 5 aliphatic rings. The van der Waals surface area contributed by atoms with Gasteiger partial charge in [0.05, 0.1) is 0 Å². The van der Waals surface area contributed by atoms with Gasteiger partial charge in [0.2, 0.25) is 11.9 Å². The third kappa shape index (κ3) is 2.40. The molecule has 0 radical (unpaired) electrons. The number of nitrogens with zero attached hydrogens (tertiary/aromatic N) is 3. The van der Waals surface area contributed by atoms with Gasteiger partial charge in [-0.3, -0.25) is 4.79 Å². The van der Waals surface area contributed by atoms with Gasteiger partial charge in [-0.1, -0.05) is 0 Å². The lowest BCUT2D eigenvalue weighted by molar-refractivity contribution is -0.126. The van der Waals surface area contributed by atoms with Gasteiger partial charge in [-0.25, -0.2) is 9.97 Å². The monoisotopic (exact) mass is 326 g/mol. The van der Waals surface area contributed by atoms with E-state index >= 15 is 0 Å². The Bertz CT molecular complexity index is 591. The Morgan fingerprint density at radius 1 is 1.04 bits per heavy atom. The Labute approximate surface area is 143 Å². The summed E-state index contributed by atoms with van der Waals surface area (Å²) in [6, 6.07) is 2.15. The predicted molar refractivity (Wildman–Crippen MR) is 91.4 cm³/mol. The lowest BCUT2D eigenvalue weighted by Crippen LogP contribution is -2.58. The Hall–Kier alpha value is -1.65. The van der Waals surface area contributed by atoms with Crippen LogP contribution < -0.4 is 10.2 Å². The van der Waals surface area contributed by atoms with Gasteiger partial charge in [0.15, 0.2) is 0 Å². The minimum absolute atomic E-state index is 0.0930. The molecule has 4 bridgehead atoms. The van der Waals surface area contributed by atoms with Crippen molar-refractivity contribution >= 4 is 11.9 Å². The molecule has 1 saturated heterocycles. The first-order valence-electron chi connectivity index (χ1n) is 9.62. The molecule has 1 aromatic rings. The number of amides is 1. The number of carbonyl (C=O) groups excluding carboxylic acids is 1. The van der Waals surface area contributed by atoms with Crippen LogP contribution in [-0.4, -0.2) is 34.5 Å². The van der Waals surface area contributed by atoms with Gasteiger partial charge in [0.1, 0.15) is 6.04 Å². The number of hydrogen-bond donors (Lipinski definition) is 1. The quantitative estimate of drug-likeness (QED) is 0.926. The average Bonchev–Trinajstić information content (AvgIpc) is 3.08. The van der Waals surface area contributed by atoms with Gasteiger partial charge >= 0.3 is 0 Å². The average molecular weight is 326 g/mol. The highest BCUT2D eigenvalue weighted by molar-refractivity contribution is 5.85. The van der Waals surface area contributed by atoms with Gasteiger partial charge < -0.3 is 10.2 Å². The number of carbonyl (C=O) groups is 1. The highest BCUT2D eigenvalue weighted by Gasteiger charge is 2.49. The fourth-order valence-corrected chi connectivity index (χ4v) is 6.14. The third-order valence-electron chi connectivity index (χ3n) is 6.90. The lowest BCUT2D eigenvalue weighted by atomic mass is 9.54. The molecule has 2 heterocycles. The maximum atomic E-state index is 13.0. The number of anilines is 1. The SMILES string of the molecule is O=C(NC1C2CC3CC(C2)CC1C3)C1CCCN1c1ncccn1. The fraction of sp³-hybridized carbons (Fsp3) is 0.737. The van der Waals surface area contributed by atoms with Gasteiger partial charge in [-0.05, 0) is 74.7 Å². The van der Waals surface area contributed by atoms with Crippen molar-refractivity contribution in [3.8, 4) is 0 Å². The highest BCUT2D eigenvalue weighted by Crippen LogP contribution is 2.53. The fourth-order valence-electron chi connectivity index (χ4n) is 6.14. The van der Waals surface area contributed by atoms with E-state index < -0.39 is 0 Å². The summed E-state index contributed by atoms with van der Waals surface area (Å²) in [4.78, 5) is 23.8. The highest BCUT2D eigenvalue weighted by atomic mass is 16.2. The second-order valence-electron chi connectivity index (χ2n) is 8.37. The van der Waals surface area contributed by atoms with E-state index in [1.54, 1.807) is 12.4 Å². The van der Waals surface area contributed by atoms with Crippen LogP contribution in [0.4, 0.5) is 5.95 Å². The van der Waals surface area contributed by atoms with Crippen LogP contribution in [0.15, 0.2) is 18.5 Å². The molecule has 4 aliphatic carbocycles. The van der Waals surface area contributed by atoms with Crippen molar-refractivity contribution in [3.05, 3.63) is 18.5 Å². The van der Waals surface area contributed by atoms with E-state index in [4.69, 9.17) is 0 Å². The summed E-state index contributed by atoms with van der Waals surface area (Å²) in [6.45, 7) is 0.879. The van der Waals surface area contributed by atoms with E-state index in [2.05, 4.69) is 20.2 Å². The van der Waals surface area contributed by atoms with Crippen LogP contribution in [0.25, 0.3) is 0 Å². The zero-order chi connectivity index (χ0) is 16.1. The molecule has 1 N–H and O–H groups in total. The van der Waals surface area contributed by atoms with Crippen LogP contribution in [0, 0.1) is 23.7 Å². The predicted octanol–water partition coefficient (Wildman–Crippen LogP) is 2.39. The number of hydrogen-bond acceptors (Lipinski definition) is 4. The normalized spacial score (nSPS) is 40.1. The molecule has 1 amide bonds. The molecular weight excluding hydrogens is 300 g/mol. The van der Waals surface area contributed by atoms with E-state index in [1.807, 2.05) is 6.07 Å². The van der Waals surface area contributed by atoms with Crippen molar-refractivity contribution in [2.75, 3.05) is 11.4 Å². The van der Waals surface area contributed by atoms with Crippen molar-refractivity contribution in [1.29, 1.82) is 0 Å². The van der Waals surface area contributed by atoms with Crippen LogP contribution in [0.3, 0.4) is 0 Å². The smallest absolute Gasteiger partial charge is 0.243 e. The van der Waals surface area contributed by atoms with E-state index in [-0.39, 0.29) is 11.9 Å². The molecule has 1 atom stereocenters. The minimum atomic E-state index is -0.0930. The molecule has 128 valence electrons. The molecule has 24 heavy (non-hydrogen) atoms. The Morgan fingerprint density at radius 3 is 2.38 bits per heavy atom. The molecule has 1 aliphatic heterocycles. The minimum Gasteiger partial charge on any atom is -0.351 e. The van der Waals surface area contributed by atoms with Crippen LogP contribution in [-0.2, 0) is 4.79 Å².